The average Bonchev–Trinajstić information content (AvgIpc) is 2.15. The van der Waals surface area contributed by atoms with E-state index in [1.807, 2.05) is 19.1 Å². The van der Waals surface area contributed by atoms with Crippen LogP contribution in [0.1, 0.15) is 5.56 Å². The van der Waals surface area contributed by atoms with Gasteiger partial charge in [-0.1, -0.05) is 11.6 Å². The van der Waals surface area contributed by atoms with Crippen LogP contribution in [0.5, 0.6) is 0 Å². The molecule has 14 heavy (non-hydrogen) atoms. The Morgan fingerprint density at radius 2 is 2.21 bits per heavy atom. The van der Waals surface area contributed by atoms with Crippen molar-refractivity contribution < 1.29 is 0 Å². The fourth-order valence-corrected chi connectivity index (χ4v) is 1.48. The molecule has 0 saturated heterocycles. The Morgan fingerprint density at radius 3 is 2.93 bits per heavy atom. The first-order valence-corrected chi connectivity index (χ1v) is 4.60. The van der Waals surface area contributed by atoms with E-state index >= 15 is 0 Å². The lowest BCUT2D eigenvalue weighted by atomic mass is 10.2. The molecule has 72 valence electrons. The summed E-state index contributed by atoms with van der Waals surface area (Å²) in [6, 6.07) is 3.72. The van der Waals surface area contributed by atoms with Crippen LogP contribution in [0.15, 0.2) is 23.1 Å². The smallest absolute Gasteiger partial charge is 0.276 e. The van der Waals surface area contributed by atoms with Gasteiger partial charge in [0.05, 0.1) is 0 Å². The summed E-state index contributed by atoms with van der Waals surface area (Å²) >= 11 is 5.85. The molecule has 0 spiro atoms. The van der Waals surface area contributed by atoms with Crippen molar-refractivity contribution in [2.75, 3.05) is 0 Å². The second-order valence-electron chi connectivity index (χ2n) is 3.27. The highest BCUT2D eigenvalue weighted by Crippen LogP contribution is 2.16. The molecule has 2 aromatic heterocycles. The number of hydrogen-bond acceptors (Lipinski definition) is 2. The van der Waals surface area contributed by atoms with E-state index in [1.54, 1.807) is 13.2 Å². The molecule has 3 nitrogen and oxygen atoms in total. The highest BCUT2D eigenvalue weighted by Gasteiger charge is 2.04. The quantitative estimate of drug-likeness (QED) is 0.620. The fraction of sp³-hybridized carbons (Fsp3) is 0.200. The van der Waals surface area contributed by atoms with E-state index in [1.165, 1.54) is 4.57 Å². The van der Waals surface area contributed by atoms with Crippen LogP contribution in [0, 0.1) is 6.92 Å². The zero-order valence-corrected chi connectivity index (χ0v) is 8.67. The molecule has 0 aliphatic heterocycles. The number of aromatic nitrogens is 2. The summed E-state index contributed by atoms with van der Waals surface area (Å²) in [6.45, 7) is 1.87. The molecule has 2 aromatic rings. The fourth-order valence-electron chi connectivity index (χ4n) is 1.34. The molecule has 0 radical (unpaired) electrons. The first-order valence-electron chi connectivity index (χ1n) is 4.22. The van der Waals surface area contributed by atoms with Crippen LogP contribution in [0.3, 0.4) is 0 Å². The number of nitrogens with zero attached hydrogens (tertiary/aromatic N) is 2. The van der Waals surface area contributed by atoms with Crippen molar-refractivity contribution in [1.29, 1.82) is 0 Å². The SMILES string of the molecule is Cc1cc2ccn(C)c(=O)c2nc1Cl. The third-order valence-electron chi connectivity index (χ3n) is 2.18. The van der Waals surface area contributed by atoms with Gasteiger partial charge in [-0.3, -0.25) is 4.79 Å². The summed E-state index contributed by atoms with van der Waals surface area (Å²) in [6.07, 6.45) is 1.72. The summed E-state index contributed by atoms with van der Waals surface area (Å²) in [5.41, 5.74) is 1.18. The predicted octanol–water partition coefficient (Wildman–Crippen LogP) is 1.90. The minimum absolute atomic E-state index is 0.121. The standard InChI is InChI=1S/C10H9ClN2O/c1-6-5-7-3-4-13(2)10(14)8(7)12-9(6)11/h3-5H,1-2H3. The highest BCUT2D eigenvalue weighted by atomic mass is 35.5. The average molecular weight is 209 g/mol. The molecule has 0 amide bonds. The van der Waals surface area contributed by atoms with E-state index in [9.17, 15) is 4.79 Å². The molecule has 0 saturated carbocycles. The lowest BCUT2D eigenvalue weighted by Crippen LogP contribution is -2.16. The van der Waals surface area contributed by atoms with Crippen LogP contribution < -0.4 is 5.56 Å². The first-order chi connectivity index (χ1) is 6.59. The molecule has 0 aromatic carbocycles. The van der Waals surface area contributed by atoms with Gasteiger partial charge in [0.2, 0.25) is 0 Å². The Balaban J connectivity index is 2.97. The Hall–Kier alpha value is -1.35. The van der Waals surface area contributed by atoms with Crippen molar-refractivity contribution in [2.24, 2.45) is 7.05 Å². The monoisotopic (exact) mass is 208 g/mol. The Kier molecular flexibility index (Phi) is 2.04. The zero-order chi connectivity index (χ0) is 10.3. The highest BCUT2D eigenvalue weighted by molar-refractivity contribution is 6.30. The molecule has 0 atom stereocenters. The van der Waals surface area contributed by atoms with Crippen LogP contribution in [0.25, 0.3) is 10.9 Å². The largest absolute Gasteiger partial charge is 0.317 e. The van der Waals surface area contributed by atoms with Gasteiger partial charge in [-0.25, -0.2) is 4.98 Å². The van der Waals surface area contributed by atoms with Gasteiger partial charge in [0.15, 0.2) is 0 Å². The number of aryl methyl sites for hydroxylation is 2. The van der Waals surface area contributed by atoms with Crippen molar-refractivity contribution in [3.05, 3.63) is 39.4 Å². The van der Waals surface area contributed by atoms with Crippen molar-refractivity contribution in [3.8, 4) is 0 Å². The normalized spacial score (nSPS) is 10.8. The first kappa shape index (κ1) is 9.21. The molecular formula is C10H9ClN2O. The van der Waals surface area contributed by atoms with Crippen LogP contribution >= 0.6 is 11.6 Å². The third kappa shape index (κ3) is 1.30. The van der Waals surface area contributed by atoms with Crippen LogP contribution in [0.2, 0.25) is 5.15 Å². The van der Waals surface area contributed by atoms with Crippen molar-refractivity contribution in [3.63, 3.8) is 0 Å². The second kappa shape index (κ2) is 3.10. The summed E-state index contributed by atoms with van der Waals surface area (Å²) < 4.78 is 1.49. The summed E-state index contributed by atoms with van der Waals surface area (Å²) in [7, 11) is 1.69. The van der Waals surface area contributed by atoms with E-state index in [0.29, 0.717) is 10.7 Å². The van der Waals surface area contributed by atoms with Gasteiger partial charge in [-0.2, -0.15) is 0 Å². The molecule has 0 unspecified atom stereocenters. The minimum Gasteiger partial charge on any atom is -0.317 e. The second-order valence-corrected chi connectivity index (χ2v) is 3.62. The summed E-state index contributed by atoms with van der Waals surface area (Å²) in [5.74, 6) is 0. The maximum absolute atomic E-state index is 11.6. The third-order valence-corrected chi connectivity index (χ3v) is 2.56. The number of rotatable bonds is 0. The lowest BCUT2D eigenvalue weighted by molar-refractivity contribution is 0.869. The molecule has 0 aliphatic carbocycles. The van der Waals surface area contributed by atoms with Gasteiger partial charge >= 0.3 is 0 Å². The Bertz CT molecular complexity index is 560. The maximum Gasteiger partial charge on any atom is 0.276 e. The van der Waals surface area contributed by atoms with E-state index in [-0.39, 0.29) is 5.56 Å². The van der Waals surface area contributed by atoms with E-state index in [4.69, 9.17) is 11.6 Å². The topological polar surface area (TPSA) is 34.9 Å². The molecule has 0 fully saturated rings. The number of hydrogen-bond donors (Lipinski definition) is 0. The van der Waals surface area contributed by atoms with Gasteiger partial charge in [0.25, 0.3) is 5.56 Å². The van der Waals surface area contributed by atoms with Gasteiger partial charge < -0.3 is 4.57 Å². The summed E-state index contributed by atoms with van der Waals surface area (Å²) in [5, 5.41) is 1.22. The lowest BCUT2D eigenvalue weighted by Gasteiger charge is -2.02. The van der Waals surface area contributed by atoms with Crippen molar-refractivity contribution >= 4 is 22.5 Å². The van der Waals surface area contributed by atoms with Gasteiger partial charge in [-0.05, 0) is 24.6 Å². The predicted molar refractivity (Wildman–Crippen MR) is 56.7 cm³/mol. The molecule has 2 heterocycles. The Morgan fingerprint density at radius 1 is 1.50 bits per heavy atom. The molecule has 4 heteroatoms. The van der Waals surface area contributed by atoms with Crippen LogP contribution in [-0.2, 0) is 7.05 Å². The van der Waals surface area contributed by atoms with Crippen molar-refractivity contribution in [1.82, 2.24) is 9.55 Å². The molecule has 0 bridgehead atoms. The minimum atomic E-state index is -0.121. The number of fused-ring (bicyclic) bond motifs is 1. The van der Waals surface area contributed by atoms with Crippen LogP contribution in [0.4, 0.5) is 0 Å². The van der Waals surface area contributed by atoms with Gasteiger partial charge in [0.1, 0.15) is 10.7 Å². The van der Waals surface area contributed by atoms with Crippen molar-refractivity contribution in [2.45, 2.75) is 6.92 Å². The molecular weight excluding hydrogens is 200 g/mol. The molecule has 0 aliphatic rings. The van der Waals surface area contributed by atoms with E-state index in [0.717, 1.165) is 10.9 Å². The van der Waals surface area contributed by atoms with E-state index in [2.05, 4.69) is 4.98 Å². The Labute approximate surface area is 86.0 Å². The number of pyridine rings is 2. The van der Waals surface area contributed by atoms with Gasteiger partial charge in [0, 0.05) is 18.6 Å². The molecule has 2 rings (SSSR count). The van der Waals surface area contributed by atoms with E-state index < -0.39 is 0 Å². The summed E-state index contributed by atoms with van der Waals surface area (Å²) in [4.78, 5) is 15.7. The molecule has 0 N–H and O–H groups in total. The van der Waals surface area contributed by atoms with Crippen LogP contribution in [-0.4, -0.2) is 9.55 Å². The maximum atomic E-state index is 11.6. The number of halogens is 1. The van der Waals surface area contributed by atoms with Gasteiger partial charge in [-0.15, -0.1) is 0 Å². The zero-order valence-electron chi connectivity index (χ0n) is 7.91.